The van der Waals surface area contributed by atoms with Gasteiger partial charge in [-0.25, -0.2) is 0 Å². The number of hydrogen-bond donors (Lipinski definition) is 0. The first kappa shape index (κ1) is 12.0. The molecule has 0 aliphatic heterocycles. The van der Waals surface area contributed by atoms with Crippen LogP contribution < -0.4 is 0 Å². The monoisotopic (exact) mass is 217 g/mol. The van der Waals surface area contributed by atoms with Crippen molar-refractivity contribution in [1.29, 1.82) is 0 Å². The van der Waals surface area contributed by atoms with Gasteiger partial charge in [0, 0.05) is 6.20 Å². The van der Waals surface area contributed by atoms with Crippen LogP contribution in [-0.2, 0) is 12.6 Å². The summed E-state index contributed by atoms with van der Waals surface area (Å²) in [5, 5.41) is 0. The highest BCUT2D eigenvalue weighted by molar-refractivity contribution is 5.26. The van der Waals surface area contributed by atoms with Gasteiger partial charge in [-0.3, -0.25) is 4.98 Å². The highest BCUT2D eigenvalue weighted by atomic mass is 19.4. The maximum Gasteiger partial charge on any atom is 0.433 e. The zero-order valence-electron chi connectivity index (χ0n) is 8.86. The minimum Gasteiger partial charge on any atom is -0.251 e. The molecular formula is C11H14F3N. The first-order chi connectivity index (χ1) is 6.95. The second kappa shape index (κ2) is 4.64. The molecule has 0 atom stereocenters. The van der Waals surface area contributed by atoms with Gasteiger partial charge in [-0.05, 0) is 30.9 Å². The Morgan fingerprint density at radius 2 is 2.00 bits per heavy atom. The lowest BCUT2D eigenvalue weighted by molar-refractivity contribution is -0.141. The summed E-state index contributed by atoms with van der Waals surface area (Å²) in [5.74, 6) is 0. The van der Waals surface area contributed by atoms with Crippen LogP contribution in [0.2, 0.25) is 0 Å². The van der Waals surface area contributed by atoms with E-state index in [9.17, 15) is 13.2 Å². The first-order valence-corrected chi connectivity index (χ1v) is 4.98. The van der Waals surface area contributed by atoms with Crippen LogP contribution in [0, 0.1) is 6.92 Å². The molecule has 1 heterocycles. The molecule has 1 aromatic heterocycles. The van der Waals surface area contributed by atoms with Gasteiger partial charge in [-0.1, -0.05) is 19.4 Å². The second-order valence-electron chi connectivity index (χ2n) is 3.62. The summed E-state index contributed by atoms with van der Waals surface area (Å²) >= 11 is 0. The van der Waals surface area contributed by atoms with E-state index in [-0.39, 0.29) is 0 Å². The molecule has 0 spiro atoms. The highest BCUT2D eigenvalue weighted by Gasteiger charge is 2.34. The predicted molar refractivity (Wildman–Crippen MR) is 52.6 cm³/mol. The largest absolute Gasteiger partial charge is 0.433 e. The molecule has 84 valence electrons. The number of halogens is 3. The van der Waals surface area contributed by atoms with Crippen molar-refractivity contribution in [1.82, 2.24) is 4.98 Å². The van der Waals surface area contributed by atoms with E-state index in [1.807, 2.05) is 6.92 Å². The molecule has 0 saturated carbocycles. The van der Waals surface area contributed by atoms with E-state index >= 15 is 0 Å². The van der Waals surface area contributed by atoms with Gasteiger partial charge >= 0.3 is 6.18 Å². The molecule has 0 aliphatic carbocycles. The van der Waals surface area contributed by atoms with Crippen molar-refractivity contribution in [2.45, 2.75) is 39.3 Å². The quantitative estimate of drug-likeness (QED) is 0.751. The van der Waals surface area contributed by atoms with Crippen molar-refractivity contribution >= 4 is 0 Å². The van der Waals surface area contributed by atoms with E-state index in [0.29, 0.717) is 12.0 Å². The van der Waals surface area contributed by atoms with Gasteiger partial charge in [0.05, 0.1) is 0 Å². The third kappa shape index (κ3) is 3.22. The Kier molecular flexibility index (Phi) is 3.72. The molecule has 0 amide bonds. The Morgan fingerprint density at radius 3 is 2.53 bits per heavy atom. The summed E-state index contributed by atoms with van der Waals surface area (Å²) in [6.07, 6.45) is -0.992. The molecule has 0 unspecified atom stereocenters. The van der Waals surface area contributed by atoms with Crippen molar-refractivity contribution in [3.05, 3.63) is 29.1 Å². The molecule has 1 aromatic rings. The topological polar surface area (TPSA) is 12.9 Å². The SMILES string of the molecule is CCCCc1cc(C)cnc1C(F)(F)F. The molecule has 0 radical (unpaired) electrons. The van der Waals surface area contributed by atoms with E-state index in [0.717, 1.165) is 18.4 Å². The van der Waals surface area contributed by atoms with Crippen LogP contribution in [0.1, 0.15) is 36.6 Å². The second-order valence-corrected chi connectivity index (χ2v) is 3.62. The molecule has 4 heteroatoms. The predicted octanol–water partition coefficient (Wildman–Crippen LogP) is 3.75. The lowest BCUT2D eigenvalue weighted by atomic mass is 10.0. The number of unbranched alkanes of at least 4 members (excludes halogenated alkanes) is 1. The molecule has 1 rings (SSSR count). The van der Waals surface area contributed by atoms with Gasteiger partial charge in [-0.15, -0.1) is 0 Å². The van der Waals surface area contributed by atoms with E-state index in [4.69, 9.17) is 0 Å². The third-order valence-corrected chi connectivity index (χ3v) is 2.17. The number of aromatic nitrogens is 1. The van der Waals surface area contributed by atoms with Gasteiger partial charge in [0.1, 0.15) is 5.69 Å². The van der Waals surface area contributed by atoms with Crippen molar-refractivity contribution < 1.29 is 13.2 Å². The van der Waals surface area contributed by atoms with E-state index in [1.54, 1.807) is 13.0 Å². The van der Waals surface area contributed by atoms with Crippen LogP contribution >= 0.6 is 0 Å². The van der Waals surface area contributed by atoms with Crippen LogP contribution in [-0.4, -0.2) is 4.98 Å². The van der Waals surface area contributed by atoms with Crippen LogP contribution in [0.4, 0.5) is 13.2 Å². The summed E-state index contributed by atoms with van der Waals surface area (Å²) in [6, 6.07) is 1.57. The Hall–Kier alpha value is -1.06. The number of hydrogen-bond acceptors (Lipinski definition) is 1. The van der Waals surface area contributed by atoms with E-state index < -0.39 is 11.9 Å². The van der Waals surface area contributed by atoms with Crippen molar-refractivity contribution in [2.24, 2.45) is 0 Å². The number of aryl methyl sites for hydroxylation is 2. The summed E-state index contributed by atoms with van der Waals surface area (Å²) in [4.78, 5) is 3.48. The maximum absolute atomic E-state index is 12.5. The summed E-state index contributed by atoms with van der Waals surface area (Å²) in [7, 11) is 0. The van der Waals surface area contributed by atoms with Gasteiger partial charge in [0.25, 0.3) is 0 Å². The molecular weight excluding hydrogens is 203 g/mol. The Balaban J connectivity index is 3.03. The lowest BCUT2D eigenvalue weighted by Crippen LogP contribution is -2.12. The molecule has 0 bridgehead atoms. The summed E-state index contributed by atoms with van der Waals surface area (Å²) in [6.45, 7) is 3.71. The fourth-order valence-electron chi connectivity index (χ4n) is 1.44. The molecule has 0 N–H and O–H groups in total. The fourth-order valence-corrected chi connectivity index (χ4v) is 1.44. The molecule has 1 nitrogen and oxygen atoms in total. The highest BCUT2D eigenvalue weighted by Crippen LogP contribution is 2.31. The van der Waals surface area contributed by atoms with Gasteiger partial charge < -0.3 is 0 Å². The number of pyridine rings is 1. The molecule has 0 fully saturated rings. The normalized spacial score (nSPS) is 11.8. The van der Waals surface area contributed by atoms with Gasteiger partial charge in [0.2, 0.25) is 0 Å². The van der Waals surface area contributed by atoms with Crippen LogP contribution in [0.3, 0.4) is 0 Å². The van der Waals surface area contributed by atoms with Crippen LogP contribution in [0.25, 0.3) is 0 Å². The Labute approximate surface area is 87.3 Å². The lowest BCUT2D eigenvalue weighted by Gasteiger charge is -2.11. The average Bonchev–Trinajstić information content (AvgIpc) is 2.12. The summed E-state index contributed by atoms with van der Waals surface area (Å²) in [5.41, 5.74) is 0.347. The number of alkyl halides is 3. The Morgan fingerprint density at radius 1 is 1.33 bits per heavy atom. The van der Waals surface area contributed by atoms with Crippen LogP contribution in [0.5, 0.6) is 0 Å². The first-order valence-electron chi connectivity index (χ1n) is 4.98. The minimum atomic E-state index is -4.34. The van der Waals surface area contributed by atoms with Gasteiger partial charge in [-0.2, -0.15) is 13.2 Å². The third-order valence-electron chi connectivity index (χ3n) is 2.17. The van der Waals surface area contributed by atoms with Crippen LogP contribution in [0.15, 0.2) is 12.3 Å². The average molecular weight is 217 g/mol. The van der Waals surface area contributed by atoms with Crippen molar-refractivity contribution in [3.8, 4) is 0 Å². The van der Waals surface area contributed by atoms with Crippen molar-refractivity contribution in [3.63, 3.8) is 0 Å². The zero-order valence-corrected chi connectivity index (χ0v) is 8.86. The zero-order chi connectivity index (χ0) is 11.5. The standard InChI is InChI=1S/C11H14F3N/c1-3-4-5-9-6-8(2)7-15-10(9)11(12,13)14/h6-7H,3-5H2,1-2H3. The molecule has 0 aromatic carbocycles. The number of rotatable bonds is 3. The summed E-state index contributed by atoms with van der Waals surface area (Å²) < 4.78 is 37.6. The minimum absolute atomic E-state index is 0.310. The molecule has 0 aliphatic rings. The maximum atomic E-state index is 12.5. The fraction of sp³-hybridized carbons (Fsp3) is 0.545. The molecule has 0 saturated heterocycles. The van der Waals surface area contributed by atoms with Gasteiger partial charge in [0.15, 0.2) is 0 Å². The van der Waals surface area contributed by atoms with E-state index in [2.05, 4.69) is 4.98 Å². The number of nitrogens with zero attached hydrogens (tertiary/aromatic N) is 1. The van der Waals surface area contributed by atoms with Crippen molar-refractivity contribution in [2.75, 3.05) is 0 Å². The Bertz CT molecular complexity index is 331. The smallest absolute Gasteiger partial charge is 0.251 e. The molecule has 15 heavy (non-hydrogen) atoms. The van der Waals surface area contributed by atoms with E-state index in [1.165, 1.54) is 6.20 Å².